The summed E-state index contributed by atoms with van der Waals surface area (Å²) in [5.41, 5.74) is 1.35. The lowest BCUT2D eigenvalue weighted by Gasteiger charge is -2.34. The molecule has 1 aromatic heterocycles. The maximum absolute atomic E-state index is 13.2. The van der Waals surface area contributed by atoms with Crippen LogP contribution < -0.4 is 9.64 Å². The summed E-state index contributed by atoms with van der Waals surface area (Å²) in [5, 5.41) is 0. The summed E-state index contributed by atoms with van der Waals surface area (Å²) < 4.78 is 11.6. The molecule has 5 rings (SSSR count). The Morgan fingerprint density at radius 3 is 2.79 bits per heavy atom. The first kappa shape index (κ1) is 17.7. The van der Waals surface area contributed by atoms with Crippen molar-refractivity contribution in [2.75, 3.05) is 19.1 Å². The van der Waals surface area contributed by atoms with Crippen molar-refractivity contribution >= 4 is 23.8 Å². The van der Waals surface area contributed by atoms with E-state index in [4.69, 9.17) is 9.73 Å². The number of carbonyl (C=O) groups is 2. The van der Waals surface area contributed by atoms with Crippen molar-refractivity contribution in [2.45, 2.75) is 37.9 Å². The fourth-order valence-corrected chi connectivity index (χ4v) is 4.39. The van der Waals surface area contributed by atoms with E-state index in [1.54, 1.807) is 16.5 Å². The highest BCUT2D eigenvalue weighted by Crippen LogP contribution is 2.41. The van der Waals surface area contributed by atoms with Crippen LogP contribution in [0.15, 0.2) is 35.3 Å². The average molecular weight is 395 g/mol. The van der Waals surface area contributed by atoms with Crippen LogP contribution in [-0.4, -0.2) is 58.7 Å². The van der Waals surface area contributed by atoms with Crippen molar-refractivity contribution in [3.8, 4) is 6.01 Å². The number of fused-ring (bicyclic) bond motifs is 5. The monoisotopic (exact) mass is 395 g/mol. The second-order valence-electron chi connectivity index (χ2n) is 7.42. The molecular weight excluding hydrogens is 374 g/mol. The van der Waals surface area contributed by atoms with E-state index in [2.05, 4.69) is 9.72 Å². The van der Waals surface area contributed by atoms with Crippen molar-refractivity contribution in [1.29, 1.82) is 0 Å². The van der Waals surface area contributed by atoms with Gasteiger partial charge in [0.2, 0.25) is 5.96 Å². The maximum Gasteiger partial charge on any atom is 0.516 e. The minimum Gasteiger partial charge on any atom is -0.437 e. The summed E-state index contributed by atoms with van der Waals surface area (Å²) in [6.45, 7) is 0.337. The molecule has 1 amide bonds. The van der Waals surface area contributed by atoms with Gasteiger partial charge in [0.05, 0.1) is 25.7 Å². The predicted octanol–water partition coefficient (Wildman–Crippen LogP) is 2.26. The van der Waals surface area contributed by atoms with E-state index in [1.165, 1.54) is 7.11 Å². The Labute approximate surface area is 167 Å². The van der Waals surface area contributed by atoms with Crippen molar-refractivity contribution in [1.82, 2.24) is 14.5 Å². The molecule has 0 radical (unpaired) electrons. The zero-order chi connectivity index (χ0) is 20.1. The number of carbonyl (C=O) groups excluding carboxylic acids is 2. The van der Waals surface area contributed by atoms with Crippen molar-refractivity contribution in [3.05, 3.63) is 41.6 Å². The molecule has 0 saturated heterocycles. The molecule has 0 N–H and O–H groups in total. The van der Waals surface area contributed by atoms with E-state index >= 15 is 0 Å². The number of hydrogen-bond acceptors (Lipinski definition) is 7. The first-order valence-electron chi connectivity index (χ1n) is 9.64. The van der Waals surface area contributed by atoms with Crippen LogP contribution in [0.2, 0.25) is 0 Å². The van der Waals surface area contributed by atoms with Gasteiger partial charge in [-0.3, -0.25) is 19.2 Å². The van der Waals surface area contributed by atoms with Gasteiger partial charge in [-0.1, -0.05) is 30.3 Å². The fourth-order valence-electron chi connectivity index (χ4n) is 4.39. The first-order chi connectivity index (χ1) is 14.1. The van der Waals surface area contributed by atoms with E-state index in [9.17, 15) is 9.59 Å². The largest absolute Gasteiger partial charge is 0.516 e. The van der Waals surface area contributed by atoms with Gasteiger partial charge in [0.1, 0.15) is 0 Å². The second kappa shape index (κ2) is 6.61. The van der Waals surface area contributed by atoms with Crippen molar-refractivity contribution < 1.29 is 19.1 Å². The van der Waals surface area contributed by atoms with Crippen LogP contribution in [-0.2, 0) is 11.3 Å². The molecule has 1 aromatic carbocycles. The number of anilines is 1. The third kappa shape index (κ3) is 2.68. The second-order valence-corrected chi connectivity index (χ2v) is 7.42. The molecule has 1 fully saturated rings. The van der Waals surface area contributed by atoms with Crippen LogP contribution in [0.4, 0.5) is 10.6 Å². The van der Waals surface area contributed by atoms with E-state index in [-0.39, 0.29) is 24.0 Å². The Morgan fingerprint density at radius 1 is 1.24 bits per heavy atom. The molecule has 2 aliphatic heterocycles. The standard InChI is InChI=1S/C20H21N5O4/c1-23-17(26)15-16(25-14-10-6-9-13(14)21-18(23)25)22-19(29-20(27)28-2)24(15)11-12-7-4-3-5-8-12/h3-5,7-8,13-14H,6,9-11H2,1-2H3/t13-,14+/m1/s1. The van der Waals surface area contributed by atoms with Gasteiger partial charge in [-0.25, -0.2) is 9.79 Å². The van der Waals surface area contributed by atoms with E-state index < -0.39 is 6.16 Å². The quantitative estimate of drug-likeness (QED) is 0.741. The summed E-state index contributed by atoms with van der Waals surface area (Å²) >= 11 is 0. The highest BCUT2D eigenvalue weighted by Gasteiger charge is 2.49. The van der Waals surface area contributed by atoms with Crippen LogP contribution in [0.1, 0.15) is 35.3 Å². The summed E-state index contributed by atoms with van der Waals surface area (Å²) in [5.74, 6) is 0.889. The Balaban J connectivity index is 1.65. The van der Waals surface area contributed by atoms with Gasteiger partial charge >= 0.3 is 12.2 Å². The molecule has 1 saturated carbocycles. The van der Waals surface area contributed by atoms with Crippen molar-refractivity contribution in [3.63, 3.8) is 0 Å². The summed E-state index contributed by atoms with van der Waals surface area (Å²) in [6, 6.07) is 10.0. The first-order valence-corrected chi connectivity index (χ1v) is 9.64. The number of methoxy groups -OCH3 is 1. The normalized spacial score (nSPS) is 22.1. The molecule has 0 bridgehead atoms. The minimum absolute atomic E-state index is 0.0372. The highest BCUT2D eigenvalue weighted by atomic mass is 16.7. The number of benzene rings is 1. The SMILES string of the molecule is COC(=O)Oc1nc2c(n1Cc1ccccc1)C(=O)N(C)C1=N[C@@H]3CCC[C@@H]3N12. The maximum atomic E-state index is 13.2. The van der Waals surface area contributed by atoms with Crippen LogP contribution >= 0.6 is 0 Å². The molecule has 3 aliphatic rings. The van der Waals surface area contributed by atoms with Crippen LogP contribution in [0.5, 0.6) is 6.01 Å². The van der Waals surface area contributed by atoms with E-state index in [1.807, 2.05) is 35.2 Å². The Bertz CT molecular complexity index is 1020. The van der Waals surface area contributed by atoms with Gasteiger partial charge in [0.15, 0.2) is 11.5 Å². The smallest absolute Gasteiger partial charge is 0.437 e. The number of guanidine groups is 1. The Kier molecular flexibility index (Phi) is 4.04. The molecule has 2 aromatic rings. The number of ether oxygens (including phenoxy) is 2. The lowest BCUT2D eigenvalue weighted by molar-refractivity contribution is 0.0850. The Morgan fingerprint density at radius 2 is 2.03 bits per heavy atom. The van der Waals surface area contributed by atoms with Gasteiger partial charge in [-0.05, 0) is 24.8 Å². The molecule has 9 heteroatoms. The summed E-state index contributed by atoms with van der Waals surface area (Å²) in [6.07, 6.45) is 2.19. The predicted molar refractivity (Wildman–Crippen MR) is 104 cm³/mol. The molecule has 0 spiro atoms. The molecule has 3 heterocycles. The van der Waals surface area contributed by atoms with Gasteiger partial charge in [0, 0.05) is 7.05 Å². The number of hydrogen-bond donors (Lipinski definition) is 0. The summed E-state index contributed by atoms with van der Waals surface area (Å²) in [7, 11) is 2.96. The molecule has 150 valence electrons. The molecule has 0 unspecified atom stereocenters. The highest BCUT2D eigenvalue weighted by molar-refractivity contribution is 6.18. The number of rotatable bonds is 3. The van der Waals surface area contributed by atoms with Gasteiger partial charge in [0.25, 0.3) is 5.91 Å². The number of aromatic nitrogens is 2. The van der Waals surface area contributed by atoms with Crippen LogP contribution in [0.3, 0.4) is 0 Å². The number of imidazole rings is 1. The summed E-state index contributed by atoms with van der Waals surface area (Å²) in [4.78, 5) is 38.0. The molecular formula is C20H21N5O4. The molecule has 9 nitrogen and oxygen atoms in total. The molecule has 29 heavy (non-hydrogen) atoms. The van der Waals surface area contributed by atoms with E-state index in [0.29, 0.717) is 24.0 Å². The third-order valence-corrected chi connectivity index (χ3v) is 5.75. The van der Waals surface area contributed by atoms with Crippen LogP contribution in [0, 0.1) is 0 Å². The zero-order valence-electron chi connectivity index (χ0n) is 16.2. The van der Waals surface area contributed by atoms with E-state index in [0.717, 1.165) is 24.8 Å². The topological polar surface area (TPSA) is 89.3 Å². The van der Waals surface area contributed by atoms with Gasteiger partial charge < -0.3 is 9.47 Å². The lowest BCUT2D eigenvalue weighted by atomic mass is 10.1. The average Bonchev–Trinajstić information content (AvgIpc) is 3.40. The zero-order valence-corrected chi connectivity index (χ0v) is 16.2. The van der Waals surface area contributed by atoms with Gasteiger partial charge in [-0.2, -0.15) is 4.98 Å². The minimum atomic E-state index is -0.878. The lowest BCUT2D eigenvalue weighted by Crippen LogP contribution is -2.51. The number of amides is 1. The van der Waals surface area contributed by atoms with Gasteiger partial charge in [-0.15, -0.1) is 0 Å². The van der Waals surface area contributed by atoms with Crippen LogP contribution in [0.25, 0.3) is 0 Å². The van der Waals surface area contributed by atoms with Crippen molar-refractivity contribution in [2.24, 2.45) is 4.99 Å². The molecule has 1 aliphatic carbocycles. The third-order valence-electron chi connectivity index (χ3n) is 5.75. The number of aliphatic imine (C=N–C) groups is 1. The fraction of sp³-hybridized carbons (Fsp3) is 0.400. The number of nitrogens with zero attached hydrogens (tertiary/aromatic N) is 5. The molecule has 2 atom stereocenters. The Hall–Kier alpha value is -3.36.